The maximum atomic E-state index is 13.0. The monoisotopic (exact) mass is 419 g/mol. The van der Waals surface area contributed by atoms with Gasteiger partial charge in [-0.1, -0.05) is 24.6 Å². The molecule has 2 N–H and O–H groups in total. The summed E-state index contributed by atoms with van der Waals surface area (Å²) in [5.74, 6) is -1.16. The van der Waals surface area contributed by atoms with E-state index in [1.165, 1.54) is 9.95 Å². The van der Waals surface area contributed by atoms with Gasteiger partial charge in [0.25, 0.3) is 5.56 Å². The molecular weight excluding hydrogens is 402 g/mol. The minimum absolute atomic E-state index is 0.0310. The van der Waals surface area contributed by atoms with E-state index in [1.54, 1.807) is 18.2 Å². The smallest absolute Gasteiger partial charge is 0.337 e. The van der Waals surface area contributed by atoms with Gasteiger partial charge in [0.15, 0.2) is 0 Å². The molecule has 1 aromatic carbocycles. The number of anilines is 1. The van der Waals surface area contributed by atoms with Crippen LogP contribution in [0.2, 0.25) is 5.02 Å². The van der Waals surface area contributed by atoms with Crippen LogP contribution in [0.1, 0.15) is 35.1 Å². The summed E-state index contributed by atoms with van der Waals surface area (Å²) in [6.45, 7) is 3.52. The standard InChI is InChI=1S/C19H18ClN3O4S/c1-3-4-14-22-17-16(12(9-28-17)19(26)27)18(25)23(14)8-15(24)21-11-6-5-10(2)13(20)7-11/h5-7,9H,3-4,8H2,1-2H3,(H,21,24)(H,26,27). The number of amides is 1. The average molecular weight is 420 g/mol. The topological polar surface area (TPSA) is 101 Å². The molecular formula is C19H18ClN3O4S. The summed E-state index contributed by atoms with van der Waals surface area (Å²) < 4.78 is 1.25. The maximum Gasteiger partial charge on any atom is 0.337 e. The fourth-order valence-corrected chi connectivity index (χ4v) is 3.92. The van der Waals surface area contributed by atoms with E-state index in [1.807, 2.05) is 13.8 Å². The SMILES string of the molecule is CCCc1nc2scc(C(=O)O)c2c(=O)n1CC(=O)Nc1ccc(C)c(Cl)c1. The van der Waals surface area contributed by atoms with Crippen molar-refractivity contribution in [2.24, 2.45) is 0 Å². The second-order valence-electron chi connectivity index (χ2n) is 6.32. The van der Waals surface area contributed by atoms with E-state index in [9.17, 15) is 19.5 Å². The molecule has 0 bridgehead atoms. The largest absolute Gasteiger partial charge is 0.478 e. The highest BCUT2D eigenvalue weighted by atomic mass is 35.5. The molecule has 146 valence electrons. The number of nitrogens with one attached hydrogen (secondary N) is 1. The summed E-state index contributed by atoms with van der Waals surface area (Å²) in [5, 5.41) is 14.0. The highest BCUT2D eigenvalue weighted by Crippen LogP contribution is 2.23. The Hall–Kier alpha value is -2.71. The van der Waals surface area contributed by atoms with Crippen molar-refractivity contribution in [1.29, 1.82) is 0 Å². The number of aromatic nitrogens is 2. The summed E-state index contributed by atoms with van der Waals surface area (Å²) in [7, 11) is 0. The van der Waals surface area contributed by atoms with Crippen LogP contribution in [0.5, 0.6) is 0 Å². The van der Waals surface area contributed by atoms with E-state index in [0.29, 0.717) is 27.8 Å². The van der Waals surface area contributed by atoms with Crippen LogP contribution in [-0.4, -0.2) is 26.5 Å². The highest BCUT2D eigenvalue weighted by Gasteiger charge is 2.20. The number of carboxylic acid groups (broad SMARTS) is 1. The van der Waals surface area contributed by atoms with Gasteiger partial charge < -0.3 is 10.4 Å². The Morgan fingerprint density at radius 2 is 2.11 bits per heavy atom. The Morgan fingerprint density at radius 3 is 2.75 bits per heavy atom. The summed E-state index contributed by atoms with van der Waals surface area (Å²) in [6, 6.07) is 5.13. The lowest BCUT2D eigenvalue weighted by Gasteiger charge is -2.13. The zero-order valence-corrected chi connectivity index (χ0v) is 16.9. The Labute approximate surface area is 169 Å². The van der Waals surface area contributed by atoms with Crippen molar-refractivity contribution in [1.82, 2.24) is 9.55 Å². The Morgan fingerprint density at radius 1 is 1.36 bits per heavy atom. The number of aromatic carboxylic acids is 1. The van der Waals surface area contributed by atoms with Gasteiger partial charge in [-0.05, 0) is 31.0 Å². The van der Waals surface area contributed by atoms with Crippen molar-refractivity contribution in [3.8, 4) is 0 Å². The number of carbonyl (C=O) groups is 2. The molecule has 0 aliphatic carbocycles. The van der Waals surface area contributed by atoms with E-state index >= 15 is 0 Å². The predicted octanol–water partition coefficient (Wildman–Crippen LogP) is 3.71. The number of carboxylic acids is 1. The van der Waals surface area contributed by atoms with Gasteiger partial charge in [0.2, 0.25) is 5.91 Å². The molecule has 0 aliphatic rings. The van der Waals surface area contributed by atoms with Crippen LogP contribution in [0.4, 0.5) is 5.69 Å². The zero-order valence-electron chi connectivity index (χ0n) is 15.3. The number of aryl methyl sites for hydroxylation is 2. The number of hydrogen-bond donors (Lipinski definition) is 2. The Bertz CT molecular complexity index is 1140. The molecule has 3 rings (SSSR count). The number of rotatable bonds is 6. The number of hydrogen-bond acceptors (Lipinski definition) is 5. The van der Waals surface area contributed by atoms with Crippen LogP contribution in [0.15, 0.2) is 28.4 Å². The second kappa shape index (κ2) is 8.12. The number of halogens is 1. The van der Waals surface area contributed by atoms with Gasteiger partial charge >= 0.3 is 5.97 Å². The Kier molecular flexibility index (Phi) is 5.81. The first kappa shape index (κ1) is 20.0. The van der Waals surface area contributed by atoms with Crippen LogP contribution in [0, 0.1) is 6.92 Å². The first-order chi connectivity index (χ1) is 13.3. The molecule has 0 spiro atoms. The molecule has 3 aromatic rings. The summed E-state index contributed by atoms with van der Waals surface area (Å²) in [5.41, 5.74) is 0.778. The van der Waals surface area contributed by atoms with E-state index < -0.39 is 17.4 Å². The third kappa shape index (κ3) is 3.93. The van der Waals surface area contributed by atoms with Gasteiger partial charge in [-0.3, -0.25) is 14.2 Å². The predicted molar refractivity (Wildman–Crippen MR) is 110 cm³/mol. The van der Waals surface area contributed by atoms with Gasteiger partial charge in [0.05, 0.1) is 10.9 Å². The molecule has 0 unspecified atom stereocenters. The van der Waals surface area contributed by atoms with Gasteiger partial charge in [0, 0.05) is 22.5 Å². The molecule has 28 heavy (non-hydrogen) atoms. The van der Waals surface area contributed by atoms with Crippen molar-refractivity contribution in [3.63, 3.8) is 0 Å². The molecule has 0 saturated carbocycles. The Balaban J connectivity index is 1.99. The first-order valence-corrected chi connectivity index (χ1v) is 9.87. The minimum atomic E-state index is -1.20. The summed E-state index contributed by atoms with van der Waals surface area (Å²) in [6.07, 6.45) is 1.22. The molecule has 2 aromatic heterocycles. The van der Waals surface area contributed by atoms with Crippen LogP contribution >= 0.6 is 22.9 Å². The number of fused-ring (bicyclic) bond motifs is 1. The molecule has 2 heterocycles. The quantitative estimate of drug-likeness (QED) is 0.634. The zero-order chi connectivity index (χ0) is 20.4. The van der Waals surface area contributed by atoms with Crippen molar-refractivity contribution in [3.05, 3.63) is 55.9 Å². The van der Waals surface area contributed by atoms with Crippen molar-refractivity contribution >= 4 is 50.7 Å². The van der Waals surface area contributed by atoms with Gasteiger partial charge in [-0.15, -0.1) is 11.3 Å². The van der Waals surface area contributed by atoms with Crippen molar-refractivity contribution in [2.75, 3.05) is 5.32 Å². The minimum Gasteiger partial charge on any atom is -0.478 e. The molecule has 0 saturated heterocycles. The lowest BCUT2D eigenvalue weighted by molar-refractivity contribution is -0.116. The third-order valence-electron chi connectivity index (χ3n) is 4.23. The second-order valence-corrected chi connectivity index (χ2v) is 7.58. The van der Waals surface area contributed by atoms with Crippen LogP contribution in [0.3, 0.4) is 0 Å². The normalized spacial score (nSPS) is 11.0. The molecule has 0 aliphatic heterocycles. The first-order valence-electron chi connectivity index (χ1n) is 8.62. The van der Waals surface area contributed by atoms with Crippen LogP contribution in [0.25, 0.3) is 10.2 Å². The average Bonchev–Trinajstić information content (AvgIpc) is 3.06. The van der Waals surface area contributed by atoms with E-state index in [4.69, 9.17) is 11.6 Å². The van der Waals surface area contributed by atoms with E-state index in [-0.39, 0.29) is 17.5 Å². The third-order valence-corrected chi connectivity index (χ3v) is 5.51. The fraction of sp³-hybridized carbons (Fsp3) is 0.263. The molecule has 0 fully saturated rings. The van der Waals surface area contributed by atoms with Crippen molar-refractivity contribution in [2.45, 2.75) is 33.2 Å². The van der Waals surface area contributed by atoms with Crippen molar-refractivity contribution < 1.29 is 14.7 Å². The molecule has 1 amide bonds. The van der Waals surface area contributed by atoms with Gasteiger partial charge in [-0.2, -0.15) is 0 Å². The van der Waals surface area contributed by atoms with E-state index in [2.05, 4.69) is 10.3 Å². The number of benzene rings is 1. The van der Waals surface area contributed by atoms with E-state index in [0.717, 1.165) is 23.3 Å². The van der Waals surface area contributed by atoms with Crippen LogP contribution < -0.4 is 10.9 Å². The molecule has 0 radical (unpaired) electrons. The summed E-state index contributed by atoms with van der Waals surface area (Å²) in [4.78, 5) is 41.7. The molecule has 7 nitrogen and oxygen atoms in total. The number of nitrogens with zero attached hydrogens (tertiary/aromatic N) is 2. The number of thiophene rings is 1. The molecule has 0 atom stereocenters. The maximum absolute atomic E-state index is 13.0. The van der Waals surface area contributed by atoms with Crippen LogP contribution in [-0.2, 0) is 17.8 Å². The lowest BCUT2D eigenvalue weighted by Crippen LogP contribution is -2.31. The highest BCUT2D eigenvalue weighted by molar-refractivity contribution is 7.17. The van der Waals surface area contributed by atoms with Gasteiger partial charge in [-0.25, -0.2) is 9.78 Å². The number of carbonyl (C=O) groups excluding carboxylic acids is 1. The van der Waals surface area contributed by atoms with Gasteiger partial charge in [0.1, 0.15) is 17.2 Å². The fourth-order valence-electron chi connectivity index (χ4n) is 2.82. The molecule has 9 heteroatoms. The lowest BCUT2D eigenvalue weighted by atomic mass is 10.2. The summed E-state index contributed by atoms with van der Waals surface area (Å²) >= 11 is 7.19.